The molecular weight excluding hydrogens is 401 g/mol. The molecule has 1 aliphatic rings. The first-order valence-corrected chi connectivity index (χ1v) is 9.27. The molecule has 1 aliphatic heterocycles. The molecule has 0 N–H and O–H groups in total. The fourth-order valence-electron chi connectivity index (χ4n) is 3.55. The van der Waals surface area contributed by atoms with Crippen LogP contribution in [0, 0.1) is 11.6 Å². The summed E-state index contributed by atoms with van der Waals surface area (Å²) in [5, 5.41) is 0. The number of alkyl halides is 3. The van der Waals surface area contributed by atoms with Gasteiger partial charge in [-0.05, 0) is 53.8 Å². The lowest BCUT2D eigenvalue weighted by atomic mass is 10.00. The molecule has 0 saturated heterocycles. The first-order valence-electron chi connectivity index (χ1n) is 9.27. The molecule has 3 aromatic rings. The predicted molar refractivity (Wildman–Crippen MR) is 103 cm³/mol. The van der Waals surface area contributed by atoms with E-state index in [4.69, 9.17) is 0 Å². The molecule has 0 spiro atoms. The van der Waals surface area contributed by atoms with Crippen molar-refractivity contribution in [2.24, 2.45) is 4.99 Å². The largest absolute Gasteiger partial charge is 0.573 e. The summed E-state index contributed by atoms with van der Waals surface area (Å²) in [5.74, 6) is -1.48. The van der Waals surface area contributed by atoms with E-state index >= 15 is 0 Å². The van der Waals surface area contributed by atoms with Crippen LogP contribution in [0.4, 0.5) is 22.0 Å². The van der Waals surface area contributed by atoms with Crippen LogP contribution in [0.2, 0.25) is 0 Å². The number of hydrogen-bond donors (Lipinski definition) is 0. The van der Waals surface area contributed by atoms with Crippen LogP contribution in [0.1, 0.15) is 30.0 Å². The van der Waals surface area contributed by atoms with Gasteiger partial charge in [0.25, 0.3) is 0 Å². The van der Waals surface area contributed by atoms with Crippen molar-refractivity contribution in [2.75, 3.05) is 0 Å². The zero-order chi connectivity index (χ0) is 21.3. The fourth-order valence-corrected chi connectivity index (χ4v) is 3.55. The van der Waals surface area contributed by atoms with Gasteiger partial charge in [0.15, 0.2) is 0 Å². The zero-order valence-corrected chi connectivity index (χ0v) is 15.6. The van der Waals surface area contributed by atoms with Crippen LogP contribution in [-0.2, 0) is 0 Å². The Kier molecular flexibility index (Phi) is 5.28. The molecular formula is C23H16F5NO. The number of aliphatic imine (C=N–C) groups is 1. The van der Waals surface area contributed by atoms with Crippen molar-refractivity contribution in [1.82, 2.24) is 0 Å². The Bertz CT molecular complexity index is 1050. The predicted octanol–water partition coefficient (Wildman–Crippen LogP) is 6.85. The van der Waals surface area contributed by atoms with Crippen molar-refractivity contribution in [3.05, 3.63) is 89.5 Å². The van der Waals surface area contributed by atoms with Crippen molar-refractivity contribution in [1.29, 1.82) is 0 Å². The third-order valence-electron chi connectivity index (χ3n) is 4.94. The number of rotatable bonds is 4. The van der Waals surface area contributed by atoms with Gasteiger partial charge in [-0.3, -0.25) is 4.99 Å². The quantitative estimate of drug-likeness (QED) is 0.425. The smallest absolute Gasteiger partial charge is 0.406 e. The number of halogens is 5. The van der Waals surface area contributed by atoms with E-state index in [1.165, 1.54) is 30.3 Å². The SMILES string of the molecule is Fc1cccc(F)c1C1CCC(c2ccc(-c3ccc(OC(F)(F)F)cc3)cc2)=N1. The second-order valence-electron chi connectivity index (χ2n) is 6.92. The van der Waals surface area contributed by atoms with Gasteiger partial charge < -0.3 is 4.74 Å². The van der Waals surface area contributed by atoms with Crippen molar-refractivity contribution in [3.63, 3.8) is 0 Å². The second-order valence-corrected chi connectivity index (χ2v) is 6.92. The van der Waals surface area contributed by atoms with E-state index in [1.54, 1.807) is 12.1 Å². The molecule has 0 fully saturated rings. The van der Waals surface area contributed by atoms with E-state index in [0.717, 1.165) is 22.4 Å². The Morgan fingerprint density at radius 3 is 1.87 bits per heavy atom. The van der Waals surface area contributed by atoms with Crippen LogP contribution in [0.3, 0.4) is 0 Å². The van der Waals surface area contributed by atoms with E-state index < -0.39 is 24.0 Å². The van der Waals surface area contributed by atoms with E-state index in [1.807, 2.05) is 24.3 Å². The molecule has 0 saturated carbocycles. The molecule has 0 bridgehead atoms. The van der Waals surface area contributed by atoms with Gasteiger partial charge in [0.1, 0.15) is 17.4 Å². The number of nitrogens with zero attached hydrogens (tertiary/aromatic N) is 1. The molecule has 0 amide bonds. The summed E-state index contributed by atoms with van der Waals surface area (Å²) in [5.41, 5.74) is 3.15. The van der Waals surface area contributed by atoms with Gasteiger partial charge in [0.05, 0.1) is 6.04 Å². The highest BCUT2D eigenvalue weighted by atomic mass is 19.4. The van der Waals surface area contributed by atoms with E-state index in [2.05, 4.69) is 9.73 Å². The molecule has 3 aromatic carbocycles. The van der Waals surface area contributed by atoms with Gasteiger partial charge in [0, 0.05) is 11.3 Å². The highest BCUT2D eigenvalue weighted by molar-refractivity contribution is 6.02. The summed E-state index contributed by atoms with van der Waals surface area (Å²) in [4.78, 5) is 4.51. The highest BCUT2D eigenvalue weighted by Gasteiger charge is 2.31. The number of benzene rings is 3. The topological polar surface area (TPSA) is 21.6 Å². The maximum atomic E-state index is 14.0. The molecule has 154 valence electrons. The lowest BCUT2D eigenvalue weighted by Gasteiger charge is -2.10. The Morgan fingerprint density at radius 2 is 1.30 bits per heavy atom. The second kappa shape index (κ2) is 7.89. The zero-order valence-electron chi connectivity index (χ0n) is 15.6. The molecule has 1 unspecified atom stereocenters. The third-order valence-corrected chi connectivity index (χ3v) is 4.94. The lowest BCUT2D eigenvalue weighted by molar-refractivity contribution is -0.274. The number of hydrogen-bond acceptors (Lipinski definition) is 2. The first kappa shape index (κ1) is 20.1. The van der Waals surface area contributed by atoms with Gasteiger partial charge in [-0.1, -0.05) is 42.5 Å². The van der Waals surface area contributed by atoms with Gasteiger partial charge in [-0.2, -0.15) is 0 Å². The van der Waals surface area contributed by atoms with Crippen LogP contribution in [0.25, 0.3) is 11.1 Å². The maximum absolute atomic E-state index is 14.0. The minimum Gasteiger partial charge on any atom is -0.406 e. The van der Waals surface area contributed by atoms with Crippen molar-refractivity contribution in [2.45, 2.75) is 25.2 Å². The standard InChI is InChI=1S/C23H16F5NO/c24-18-2-1-3-19(25)22(18)21-13-12-20(29-21)16-6-4-14(5-7-16)15-8-10-17(11-9-15)30-23(26,27)28/h1-11,21H,12-13H2. The molecule has 0 aromatic heterocycles. The first-order chi connectivity index (χ1) is 14.3. The molecule has 1 heterocycles. The van der Waals surface area contributed by atoms with Crippen molar-refractivity contribution in [3.8, 4) is 16.9 Å². The Balaban J connectivity index is 1.51. The Labute approximate surface area is 169 Å². The molecule has 4 rings (SSSR count). The van der Waals surface area contributed by atoms with E-state index in [-0.39, 0.29) is 11.3 Å². The average molecular weight is 417 g/mol. The summed E-state index contributed by atoms with van der Waals surface area (Å²) in [6, 6.07) is 16.2. The third kappa shape index (κ3) is 4.35. The molecule has 0 radical (unpaired) electrons. The minimum atomic E-state index is -4.73. The van der Waals surface area contributed by atoms with E-state index in [9.17, 15) is 22.0 Å². The monoisotopic (exact) mass is 417 g/mol. The number of ether oxygens (including phenoxy) is 1. The Hall–Kier alpha value is -3.22. The summed E-state index contributed by atoms with van der Waals surface area (Å²) in [7, 11) is 0. The van der Waals surface area contributed by atoms with Gasteiger partial charge in [-0.25, -0.2) is 8.78 Å². The van der Waals surface area contributed by atoms with Crippen LogP contribution in [0.5, 0.6) is 5.75 Å². The van der Waals surface area contributed by atoms with Crippen LogP contribution >= 0.6 is 0 Å². The van der Waals surface area contributed by atoms with Crippen LogP contribution < -0.4 is 4.74 Å². The highest BCUT2D eigenvalue weighted by Crippen LogP contribution is 2.34. The lowest BCUT2D eigenvalue weighted by Crippen LogP contribution is -2.16. The summed E-state index contributed by atoms with van der Waals surface area (Å²) < 4.78 is 68.7. The minimum absolute atomic E-state index is 0.00899. The Morgan fingerprint density at radius 1 is 0.767 bits per heavy atom. The average Bonchev–Trinajstić information content (AvgIpc) is 3.17. The molecule has 30 heavy (non-hydrogen) atoms. The summed E-state index contributed by atoms with van der Waals surface area (Å²) >= 11 is 0. The summed E-state index contributed by atoms with van der Waals surface area (Å²) in [6.07, 6.45) is -3.61. The fraction of sp³-hybridized carbons (Fsp3) is 0.174. The van der Waals surface area contributed by atoms with Crippen LogP contribution in [-0.4, -0.2) is 12.1 Å². The van der Waals surface area contributed by atoms with Crippen LogP contribution in [0.15, 0.2) is 71.7 Å². The van der Waals surface area contributed by atoms with Gasteiger partial charge in [0.2, 0.25) is 0 Å². The maximum Gasteiger partial charge on any atom is 0.573 e. The normalized spacial score (nSPS) is 16.4. The molecule has 1 atom stereocenters. The van der Waals surface area contributed by atoms with Gasteiger partial charge >= 0.3 is 6.36 Å². The van der Waals surface area contributed by atoms with E-state index in [0.29, 0.717) is 12.8 Å². The van der Waals surface area contributed by atoms with Crippen molar-refractivity contribution >= 4 is 5.71 Å². The molecule has 7 heteroatoms. The summed E-state index contributed by atoms with van der Waals surface area (Å²) in [6.45, 7) is 0. The molecule has 0 aliphatic carbocycles. The molecule has 2 nitrogen and oxygen atoms in total. The van der Waals surface area contributed by atoms with Gasteiger partial charge in [-0.15, -0.1) is 13.2 Å². The van der Waals surface area contributed by atoms with Crippen molar-refractivity contribution < 1.29 is 26.7 Å².